The third-order valence-corrected chi connectivity index (χ3v) is 3.74. The number of piperazine rings is 1. The van der Waals surface area contributed by atoms with Crippen molar-refractivity contribution in [3.8, 4) is 5.88 Å². The Labute approximate surface area is 116 Å². The Morgan fingerprint density at radius 2 is 2.30 bits per heavy atom. The van der Waals surface area contributed by atoms with E-state index in [0.29, 0.717) is 37.6 Å². The van der Waals surface area contributed by atoms with E-state index in [-0.39, 0.29) is 18.0 Å². The van der Waals surface area contributed by atoms with Gasteiger partial charge in [0, 0.05) is 39.4 Å². The number of hydrogen-bond donors (Lipinski definition) is 1. The number of amides is 3. The lowest BCUT2D eigenvalue weighted by atomic mass is 10.1. The van der Waals surface area contributed by atoms with Gasteiger partial charge in [-0.05, 0) is 0 Å². The van der Waals surface area contributed by atoms with Gasteiger partial charge in [0.25, 0.3) is 5.91 Å². The summed E-state index contributed by atoms with van der Waals surface area (Å²) < 4.78 is 6.68. The Balaban J connectivity index is 1.76. The lowest BCUT2D eigenvalue weighted by Gasteiger charge is -2.36. The van der Waals surface area contributed by atoms with Crippen molar-refractivity contribution in [2.24, 2.45) is 7.05 Å². The zero-order valence-electron chi connectivity index (χ0n) is 11.5. The molecule has 2 fully saturated rings. The first-order valence-corrected chi connectivity index (χ1v) is 6.51. The fourth-order valence-electron chi connectivity index (χ4n) is 2.72. The molecule has 8 nitrogen and oxygen atoms in total. The van der Waals surface area contributed by atoms with Crippen LogP contribution >= 0.6 is 0 Å². The Morgan fingerprint density at radius 3 is 3.05 bits per heavy atom. The van der Waals surface area contributed by atoms with Gasteiger partial charge in [0.05, 0.1) is 13.2 Å². The molecule has 2 saturated heterocycles. The molecule has 1 atom stereocenters. The van der Waals surface area contributed by atoms with Crippen molar-refractivity contribution in [3.05, 3.63) is 11.8 Å². The number of nitrogens with zero attached hydrogens (tertiary/aromatic N) is 4. The lowest BCUT2D eigenvalue weighted by Crippen LogP contribution is -2.53. The molecule has 2 aliphatic heterocycles. The molecule has 1 aromatic rings. The maximum Gasteiger partial charge on any atom is 0.317 e. The normalized spacial score (nSPS) is 21.7. The molecule has 0 radical (unpaired) electrons. The molecule has 1 N–H and O–H groups in total. The van der Waals surface area contributed by atoms with Crippen molar-refractivity contribution >= 4 is 11.9 Å². The fourth-order valence-corrected chi connectivity index (χ4v) is 2.72. The van der Waals surface area contributed by atoms with Crippen LogP contribution in [0.3, 0.4) is 0 Å². The molecular formula is C12H17N5O3. The maximum absolute atomic E-state index is 12.5. The number of ether oxygens (including phenoxy) is 1. The first-order valence-electron chi connectivity index (χ1n) is 6.51. The molecule has 0 aliphatic carbocycles. The first kappa shape index (κ1) is 12.8. The highest BCUT2D eigenvalue weighted by atomic mass is 16.5. The summed E-state index contributed by atoms with van der Waals surface area (Å²) in [6.07, 6.45) is 1.66. The van der Waals surface area contributed by atoms with Crippen molar-refractivity contribution in [3.63, 3.8) is 0 Å². The summed E-state index contributed by atoms with van der Waals surface area (Å²) in [7, 11) is 3.24. The van der Waals surface area contributed by atoms with Gasteiger partial charge in [-0.15, -0.1) is 5.10 Å². The smallest absolute Gasteiger partial charge is 0.317 e. The highest BCUT2D eigenvalue weighted by molar-refractivity contribution is 5.96. The highest BCUT2D eigenvalue weighted by Crippen LogP contribution is 2.21. The molecule has 1 aromatic heterocycles. The summed E-state index contributed by atoms with van der Waals surface area (Å²) >= 11 is 0. The van der Waals surface area contributed by atoms with Gasteiger partial charge in [-0.2, -0.15) is 0 Å². The molecule has 0 spiro atoms. The Bertz CT molecular complexity index is 555. The van der Waals surface area contributed by atoms with E-state index in [1.807, 2.05) is 0 Å². The second kappa shape index (κ2) is 4.69. The van der Waals surface area contributed by atoms with Crippen LogP contribution in [0, 0.1) is 0 Å². The zero-order chi connectivity index (χ0) is 14.3. The minimum atomic E-state index is -0.103. The van der Waals surface area contributed by atoms with E-state index >= 15 is 0 Å². The van der Waals surface area contributed by atoms with Crippen molar-refractivity contribution < 1.29 is 14.3 Å². The summed E-state index contributed by atoms with van der Waals surface area (Å²) in [6, 6.07) is 0.0175. The molecule has 0 aromatic carbocycles. The van der Waals surface area contributed by atoms with Gasteiger partial charge in [-0.1, -0.05) is 0 Å². The molecule has 20 heavy (non-hydrogen) atoms. The van der Waals surface area contributed by atoms with E-state index in [4.69, 9.17) is 4.74 Å². The van der Waals surface area contributed by atoms with E-state index in [0.717, 1.165) is 0 Å². The van der Waals surface area contributed by atoms with Gasteiger partial charge in [0.15, 0.2) is 0 Å². The molecule has 8 heteroatoms. The van der Waals surface area contributed by atoms with Gasteiger partial charge in [-0.3, -0.25) is 9.48 Å². The van der Waals surface area contributed by atoms with Crippen LogP contribution in [0.25, 0.3) is 0 Å². The molecule has 3 heterocycles. The SMILES string of the molecule is COc1nn(C)cc1C(=O)N1CCN2C(=O)NCC2C1. The largest absolute Gasteiger partial charge is 0.479 e. The quantitative estimate of drug-likeness (QED) is 0.774. The summed E-state index contributed by atoms with van der Waals surface area (Å²) in [6.45, 7) is 2.22. The highest BCUT2D eigenvalue weighted by Gasteiger charge is 2.37. The number of methoxy groups -OCH3 is 1. The number of urea groups is 1. The van der Waals surface area contributed by atoms with Crippen LogP contribution in [0.2, 0.25) is 0 Å². The monoisotopic (exact) mass is 279 g/mol. The van der Waals surface area contributed by atoms with E-state index < -0.39 is 0 Å². The van der Waals surface area contributed by atoms with Gasteiger partial charge in [0.2, 0.25) is 5.88 Å². The van der Waals surface area contributed by atoms with Crippen LogP contribution in [0.4, 0.5) is 4.79 Å². The Hall–Kier alpha value is -2.25. The summed E-state index contributed by atoms with van der Waals surface area (Å²) in [5, 5.41) is 6.89. The molecule has 1 unspecified atom stereocenters. The predicted octanol–water partition coefficient (Wildman–Crippen LogP) is -0.722. The lowest BCUT2D eigenvalue weighted by molar-refractivity contribution is 0.0613. The number of fused-ring (bicyclic) bond motifs is 1. The van der Waals surface area contributed by atoms with E-state index in [1.165, 1.54) is 7.11 Å². The van der Waals surface area contributed by atoms with Crippen molar-refractivity contribution in [2.75, 3.05) is 33.3 Å². The van der Waals surface area contributed by atoms with Gasteiger partial charge in [-0.25, -0.2) is 4.79 Å². The molecule has 3 rings (SSSR count). The van der Waals surface area contributed by atoms with Crippen LogP contribution in [0.5, 0.6) is 5.88 Å². The van der Waals surface area contributed by atoms with E-state index in [9.17, 15) is 9.59 Å². The van der Waals surface area contributed by atoms with Crippen molar-refractivity contribution in [1.82, 2.24) is 24.9 Å². The number of nitrogens with one attached hydrogen (secondary N) is 1. The minimum absolute atomic E-state index is 0.0407. The number of hydrogen-bond acceptors (Lipinski definition) is 4. The average Bonchev–Trinajstić information content (AvgIpc) is 3.01. The van der Waals surface area contributed by atoms with Crippen molar-refractivity contribution in [2.45, 2.75) is 6.04 Å². The van der Waals surface area contributed by atoms with Crippen LogP contribution in [-0.2, 0) is 7.05 Å². The van der Waals surface area contributed by atoms with Crippen LogP contribution in [0.15, 0.2) is 6.20 Å². The number of aryl methyl sites for hydroxylation is 1. The number of aromatic nitrogens is 2. The third kappa shape index (κ3) is 1.97. The third-order valence-electron chi connectivity index (χ3n) is 3.74. The number of carbonyl (C=O) groups is 2. The molecule has 0 bridgehead atoms. The average molecular weight is 279 g/mol. The molecule has 108 valence electrons. The minimum Gasteiger partial charge on any atom is -0.479 e. The zero-order valence-corrected chi connectivity index (χ0v) is 11.5. The fraction of sp³-hybridized carbons (Fsp3) is 0.583. The molecular weight excluding hydrogens is 262 g/mol. The van der Waals surface area contributed by atoms with Crippen LogP contribution in [-0.4, -0.2) is 70.8 Å². The number of rotatable bonds is 2. The summed E-state index contributed by atoms with van der Waals surface area (Å²) in [5.74, 6) is 0.231. The number of carbonyl (C=O) groups excluding carboxylic acids is 2. The van der Waals surface area contributed by atoms with E-state index in [2.05, 4.69) is 10.4 Å². The van der Waals surface area contributed by atoms with Crippen LogP contribution < -0.4 is 10.1 Å². The molecule has 3 amide bonds. The Morgan fingerprint density at radius 1 is 1.50 bits per heavy atom. The summed E-state index contributed by atoms with van der Waals surface area (Å²) in [5.41, 5.74) is 0.459. The second-order valence-corrected chi connectivity index (χ2v) is 5.01. The molecule has 0 saturated carbocycles. The summed E-state index contributed by atoms with van der Waals surface area (Å²) in [4.78, 5) is 27.6. The van der Waals surface area contributed by atoms with Crippen molar-refractivity contribution in [1.29, 1.82) is 0 Å². The standard InChI is InChI=1S/C12H17N5O3/c1-15-7-9(10(14-15)20-2)11(18)16-3-4-17-8(6-16)5-13-12(17)19/h7-8H,3-6H2,1-2H3,(H,13,19). The van der Waals surface area contributed by atoms with Crippen LogP contribution in [0.1, 0.15) is 10.4 Å². The molecule has 2 aliphatic rings. The topological polar surface area (TPSA) is 79.7 Å². The maximum atomic E-state index is 12.5. The first-order chi connectivity index (χ1) is 9.60. The predicted molar refractivity (Wildman–Crippen MR) is 69.6 cm³/mol. The second-order valence-electron chi connectivity index (χ2n) is 5.01. The van der Waals surface area contributed by atoms with Gasteiger partial charge >= 0.3 is 6.03 Å². The Kier molecular flexibility index (Phi) is 3.00. The van der Waals surface area contributed by atoms with Gasteiger partial charge in [0.1, 0.15) is 5.56 Å². The van der Waals surface area contributed by atoms with E-state index in [1.54, 1.807) is 27.7 Å². The van der Waals surface area contributed by atoms with Gasteiger partial charge < -0.3 is 19.9 Å².